The predicted molar refractivity (Wildman–Crippen MR) is 85.6 cm³/mol. The van der Waals surface area contributed by atoms with E-state index in [9.17, 15) is 0 Å². The number of imidazole rings is 1. The van der Waals surface area contributed by atoms with E-state index >= 15 is 0 Å². The fraction of sp³-hybridized carbons (Fsp3) is 0.200. The number of halogens is 1. The molecule has 0 radical (unpaired) electrons. The van der Waals surface area contributed by atoms with Crippen LogP contribution in [0, 0.1) is 0 Å². The first-order valence-corrected chi connectivity index (χ1v) is 7.67. The molecule has 0 unspecified atom stereocenters. The molecule has 4 aromatic rings. The van der Waals surface area contributed by atoms with Crippen LogP contribution in [0.25, 0.3) is 28.3 Å². The summed E-state index contributed by atoms with van der Waals surface area (Å²) in [4.78, 5) is 9.31. The Morgan fingerprint density at radius 2 is 2.09 bits per heavy atom. The van der Waals surface area contributed by atoms with Crippen LogP contribution < -0.4 is 0 Å². The van der Waals surface area contributed by atoms with E-state index in [0.29, 0.717) is 17.5 Å². The second-order valence-corrected chi connectivity index (χ2v) is 6.21. The smallest absolute Gasteiger partial charge is 0.267 e. The van der Waals surface area contributed by atoms with Gasteiger partial charge in [-0.2, -0.15) is 0 Å². The number of aromatic nitrogens is 5. The van der Waals surface area contributed by atoms with Gasteiger partial charge >= 0.3 is 0 Å². The molecular formula is C15H12BrN5O. The van der Waals surface area contributed by atoms with Crippen molar-refractivity contribution < 1.29 is 4.42 Å². The van der Waals surface area contributed by atoms with Crippen molar-refractivity contribution in [3.05, 3.63) is 41.0 Å². The lowest BCUT2D eigenvalue weighted by atomic mass is 10.1. The van der Waals surface area contributed by atoms with Gasteiger partial charge in [0.15, 0.2) is 0 Å². The molecule has 0 fully saturated rings. The summed E-state index contributed by atoms with van der Waals surface area (Å²) in [7, 11) is 0. The van der Waals surface area contributed by atoms with Crippen LogP contribution in [0.15, 0.2) is 39.7 Å². The third-order valence-corrected chi connectivity index (χ3v) is 4.20. The zero-order chi connectivity index (χ0) is 15.3. The number of nitrogens with zero attached hydrogens (tertiary/aromatic N) is 5. The molecule has 0 bridgehead atoms. The van der Waals surface area contributed by atoms with E-state index in [1.807, 2.05) is 22.7 Å². The quantitative estimate of drug-likeness (QED) is 0.545. The largest absolute Gasteiger partial charge is 0.422 e. The molecule has 0 atom stereocenters. The van der Waals surface area contributed by atoms with E-state index in [0.717, 1.165) is 26.8 Å². The highest BCUT2D eigenvalue weighted by atomic mass is 79.9. The molecule has 0 N–H and O–H groups in total. The Kier molecular flexibility index (Phi) is 2.97. The maximum Gasteiger partial charge on any atom is 0.267 e. The fourth-order valence-corrected chi connectivity index (χ4v) is 2.93. The summed E-state index contributed by atoms with van der Waals surface area (Å²) >= 11 is 3.63. The first-order valence-electron chi connectivity index (χ1n) is 6.88. The van der Waals surface area contributed by atoms with E-state index in [4.69, 9.17) is 9.40 Å². The molecule has 0 aliphatic rings. The number of hydrogen-bond acceptors (Lipinski definition) is 5. The summed E-state index contributed by atoms with van der Waals surface area (Å²) in [6.45, 7) is 4.25. The van der Waals surface area contributed by atoms with Crippen molar-refractivity contribution in [1.29, 1.82) is 0 Å². The molecule has 6 nitrogen and oxygen atoms in total. The Labute approximate surface area is 134 Å². The Morgan fingerprint density at radius 3 is 2.82 bits per heavy atom. The number of hydrogen-bond donors (Lipinski definition) is 0. The zero-order valence-electron chi connectivity index (χ0n) is 12.0. The lowest BCUT2D eigenvalue weighted by molar-refractivity contribution is 0.567. The SMILES string of the molecule is CC(C)c1cc(Br)c2ccc3nc(-c4nnco4)cn3c2n1. The van der Waals surface area contributed by atoms with Crippen molar-refractivity contribution in [2.75, 3.05) is 0 Å². The normalized spacial score (nSPS) is 11.8. The van der Waals surface area contributed by atoms with Crippen molar-refractivity contribution >= 4 is 32.6 Å². The van der Waals surface area contributed by atoms with E-state index in [2.05, 4.69) is 51.0 Å². The molecule has 7 heteroatoms. The van der Waals surface area contributed by atoms with Crippen LogP contribution >= 0.6 is 15.9 Å². The maximum atomic E-state index is 5.22. The van der Waals surface area contributed by atoms with Gasteiger partial charge in [0.25, 0.3) is 5.89 Å². The van der Waals surface area contributed by atoms with Crippen LogP contribution in [0.1, 0.15) is 25.5 Å². The average Bonchev–Trinajstić information content (AvgIpc) is 3.15. The molecule has 0 aliphatic heterocycles. The molecular weight excluding hydrogens is 346 g/mol. The molecule has 0 spiro atoms. The lowest BCUT2D eigenvalue weighted by Gasteiger charge is -2.09. The molecule has 0 saturated heterocycles. The van der Waals surface area contributed by atoms with Gasteiger partial charge in [-0.3, -0.25) is 4.40 Å². The van der Waals surface area contributed by atoms with Gasteiger partial charge < -0.3 is 4.42 Å². The Morgan fingerprint density at radius 1 is 1.23 bits per heavy atom. The monoisotopic (exact) mass is 357 g/mol. The topological polar surface area (TPSA) is 69.1 Å². The van der Waals surface area contributed by atoms with Crippen molar-refractivity contribution in [3.8, 4) is 11.6 Å². The highest BCUT2D eigenvalue weighted by Crippen LogP contribution is 2.28. The second kappa shape index (κ2) is 4.88. The highest BCUT2D eigenvalue weighted by molar-refractivity contribution is 9.10. The van der Waals surface area contributed by atoms with Crippen molar-refractivity contribution in [3.63, 3.8) is 0 Å². The van der Waals surface area contributed by atoms with Gasteiger partial charge in [0.1, 0.15) is 17.0 Å². The molecule has 4 rings (SSSR count). The standard InChI is InChI=1S/C15H12BrN5O/c1-8(2)11-5-10(16)9-3-4-13-18-12(15-20-17-7-22-15)6-21(13)14(9)19-11/h3-8H,1-2H3. The molecule has 22 heavy (non-hydrogen) atoms. The van der Waals surface area contributed by atoms with Gasteiger partial charge in [-0.25, -0.2) is 9.97 Å². The highest BCUT2D eigenvalue weighted by Gasteiger charge is 2.14. The molecule has 0 aromatic carbocycles. The number of pyridine rings is 2. The third-order valence-electron chi connectivity index (χ3n) is 3.54. The van der Waals surface area contributed by atoms with Crippen molar-refractivity contribution in [2.24, 2.45) is 0 Å². The van der Waals surface area contributed by atoms with Gasteiger partial charge in [0, 0.05) is 21.7 Å². The van der Waals surface area contributed by atoms with Crippen LogP contribution in [0.2, 0.25) is 0 Å². The zero-order valence-corrected chi connectivity index (χ0v) is 13.6. The summed E-state index contributed by atoms with van der Waals surface area (Å²) in [5.74, 6) is 0.741. The van der Waals surface area contributed by atoms with E-state index in [1.54, 1.807) is 0 Å². The second-order valence-electron chi connectivity index (χ2n) is 5.35. The van der Waals surface area contributed by atoms with Crippen molar-refractivity contribution in [1.82, 2.24) is 24.6 Å². The molecule has 0 saturated carbocycles. The van der Waals surface area contributed by atoms with Gasteiger partial charge in [-0.1, -0.05) is 13.8 Å². The van der Waals surface area contributed by atoms with Crippen molar-refractivity contribution in [2.45, 2.75) is 19.8 Å². The summed E-state index contributed by atoms with van der Waals surface area (Å²) in [6, 6.07) is 6.02. The van der Waals surface area contributed by atoms with Crippen LogP contribution in [0.3, 0.4) is 0 Å². The Bertz CT molecular complexity index is 975. The minimum absolute atomic E-state index is 0.342. The summed E-state index contributed by atoms with van der Waals surface area (Å²) in [5, 5.41) is 8.63. The first-order chi connectivity index (χ1) is 10.6. The van der Waals surface area contributed by atoms with Gasteiger partial charge in [-0.05, 0) is 40.0 Å². The fourth-order valence-electron chi connectivity index (χ4n) is 2.39. The molecule has 4 heterocycles. The lowest BCUT2D eigenvalue weighted by Crippen LogP contribution is -1.98. The number of rotatable bonds is 2. The van der Waals surface area contributed by atoms with Crippen LogP contribution in [-0.2, 0) is 0 Å². The number of fused-ring (bicyclic) bond motifs is 3. The summed E-state index contributed by atoms with van der Waals surface area (Å²) in [6.07, 6.45) is 3.16. The van der Waals surface area contributed by atoms with Crippen LogP contribution in [0.4, 0.5) is 0 Å². The molecule has 0 aliphatic carbocycles. The van der Waals surface area contributed by atoms with Gasteiger partial charge in [-0.15, -0.1) is 10.2 Å². The predicted octanol–water partition coefficient (Wildman–Crippen LogP) is 3.82. The summed E-state index contributed by atoms with van der Waals surface area (Å²) in [5.41, 5.74) is 3.31. The molecule has 4 aromatic heterocycles. The van der Waals surface area contributed by atoms with Crippen LogP contribution in [-0.4, -0.2) is 24.6 Å². The van der Waals surface area contributed by atoms with E-state index in [-0.39, 0.29) is 0 Å². The van der Waals surface area contributed by atoms with Gasteiger partial charge in [0.2, 0.25) is 6.39 Å². The van der Waals surface area contributed by atoms with Crippen LogP contribution in [0.5, 0.6) is 0 Å². The summed E-state index contributed by atoms with van der Waals surface area (Å²) < 4.78 is 8.19. The van der Waals surface area contributed by atoms with Gasteiger partial charge in [0.05, 0.1) is 0 Å². The minimum Gasteiger partial charge on any atom is -0.422 e. The van der Waals surface area contributed by atoms with E-state index in [1.165, 1.54) is 6.39 Å². The third kappa shape index (κ3) is 2.00. The Hall–Kier alpha value is -2.28. The average molecular weight is 358 g/mol. The minimum atomic E-state index is 0.342. The van der Waals surface area contributed by atoms with E-state index < -0.39 is 0 Å². The molecule has 0 amide bonds. The maximum absolute atomic E-state index is 5.22. The molecule has 110 valence electrons. The Balaban J connectivity index is 2.05. The first kappa shape index (κ1) is 13.4.